The lowest BCUT2D eigenvalue weighted by molar-refractivity contribution is 0.391. The standard InChI is InChI=1S/C22H15FN4O2S2/c1-27-21(28)19-16(11-17(31-19)13-5-3-2-4-6-13)24-22(27)30-12-18-25-20(26-29-18)14-7-9-15(23)10-8-14/h2-11H,12H2,1H3. The first kappa shape index (κ1) is 19.7. The molecule has 0 fully saturated rings. The molecule has 154 valence electrons. The highest BCUT2D eigenvalue weighted by molar-refractivity contribution is 7.98. The summed E-state index contributed by atoms with van der Waals surface area (Å²) in [5.74, 6) is 0.816. The molecule has 2 aromatic carbocycles. The van der Waals surface area contributed by atoms with E-state index in [2.05, 4.69) is 15.1 Å². The number of nitrogens with zero attached hydrogens (tertiary/aromatic N) is 4. The van der Waals surface area contributed by atoms with Gasteiger partial charge in [-0.25, -0.2) is 9.37 Å². The summed E-state index contributed by atoms with van der Waals surface area (Å²) in [6.45, 7) is 0. The fraction of sp³-hybridized carbons (Fsp3) is 0.0909. The summed E-state index contributed by atoms with van der Waals surface area (Å²) in [7, 11) is 1.71. The van der Waals surface area contributed by atoms with E-state index >= 15 is 0 Å². The maximum absolute atomic E-state index is 13.1. The van der Waals surface area contributed by atoms with E-state index in [0.717, 1.165) is 10.4 Å². The Kier molecular flexibility index (Phi) is 5.13. The Morgan fingerprint density at radius 3 is 2.61 bits per heavy atom. The SMILES string of the molecule is Cn1c(SCc2nc(-c3ccc(F)cc3)no2)nc2cc(-c3ccccc3)sc2c1=O. The first-order valence-electron chi connectivity index (χ1n) is 9.36. The zero-order valence-electron chi connectivity index (χ0n) is 16.3. The molecule has 0 saturated carbocycles. The third kappa shape index (κ3) is 3.89. The van der Waals surface area contributed by atoms with Gasteiger partial charge in [-0.05, 0) is 35.9 Å². The van der Waals surface area contributed by atoms with Crippen molar-refractivity contribution in [2.45, 2.75) is 10.9 Å². The summed E-state index contributed by atoms with van der Waals surface area (Å²) < 4.78 is 20.6. The zero-order chi connectivity index (χ0) is 21.4. The maximum Gasteiger partial charge on any atom is 0.271 e. The minimum Gasteiger partial charge on any atom is -0.338 e. The van der Waals surface area contributed by atoms with E-state index in [0.29, 0.717) is 38.4 Å². The molecule has 0 saturated heterocycles. The van der Waals surface area contributed by atoms with Crippen molar-refractivity contribution in [1.82, 2.24) is 19.7 Å². The summed E-state index contributed by atoms with van der Waals surface area (Å²) in [5, 5.41) is 4.51. The third-order valence-corrected chi connectivity index (χ3v) is 6.84. The van der Waals surface area contributed by atoms with Crippen molar-refractivity contribution >= 4 is 33.3 Å². The number of thiophene rings is 1. The summed E-state index contributed by atoms with van der Waals surface area (Å²) in [6.07, 6.45) is 0. The molecule has 0 unspecified atom stereocenters. The second-order valence-corrected chi connectivity index (χ2v) is 8.75. The average molecular weight is 451 g/mol. The summed E-state index contributed by atoms with van der Waals surface area (Å²) in [5.41, 5.74) is 2.31. The van der Waals surface area contributed by atoms with Gasteiger partial charge in [0.25, 0.3) is 5.56 Å². The van der Waals surface area contributed by atoms with Crippen molar-refractivity contribution in [3.63, 3.8) is 0 Å². The lowest BCUT2D eigenvalue weighted by Gasteiger charge is -2.05. The second kappa shape index (κ2) is 8.09. The van der Waals surface area contributed by atoms with Crippen molar-refractivity contribution < 1.29 is 8.91 Å². The van der Waals surface area contributed by atoms with Crippen molar-refractivity contribution in [3.8, 4) is 21.8 Å². The number of rotatable bonds is 5. The van der Waals surface area contributed by atoms with E-state index in [4.69, 9.17) is 4.52 Å². The van der Waals surface area contributed by atoms with Crippen LogP contribution in [0.3, 0.4) is 0 Å². The lowest BCUT2D eigenvalue weighted by atomic mass is 10.2. The van der Waals surface area contributed by atoms with Crippen LogP contribution in [0, 0.1) is 5.82 Å². The molecule has 0 atom stereocenters. The van der Waals surface area contributed by atoms with Crippen LogP contribution in [-0.2, 0) is 12.8 Å². The average Bonchev–Trinajstić information content (AvgIpc) is 3.44. The molecule has 9 heteroatoms. The van der Waals surface area contributed by atoms with Crippen LogP contribution in [0.25, 0.3) is 32.0 Å². The van der Waals surface area contributed by atoms with Gasteiger partial charge >= 0.3 is 0 Å². The fourth-order valence-electron chi connectivity index (χ4n) is 3.06. The number of hydrogen-bond donors (Lipinski definition) is 0. The Hall–Kier alpha value is -3.30. The Morgan fingerprint density at radius 1 is 1.06 bits per heavy atom. The predicted molar refractivity (Wildman–Crippen MR) is 120 cm³/mol. The van der Waals surface area contributed by atoms with Crippen LogP contribution >= 0.6 is 23.1 Å². The van der Waals surface area contributed by atoms with E-state index < -0.39 is 0 Å². The molecule has 3 heterocycles. The largest absolute Gasteiger partial charge is 0.338 e. The minimum atomic E-state index is -0.325. The number of benzene rings is 2. The molecule has 0 radical (unpaired) electrons. The highest BCUT2D eigenvalue weighted by atomic mass is 32.2. The molecule has 0 amide bonds. The number of halogens is 1. The second-order valence-electron chi connectivity index (χ2n) is 6.76. The zero-order valence-corrected chi connectivity index (χ0v) is 17.9. The number of hydrogen-bond acceptors (Lipinski definition) is 7. The van der Waals surface area contributed by atoms with E-state index in [1.165, 1.54) is 39.8 Å². The van der Waals surface area contributed by atoms with Crippen LogP contribution in [0.5, 0.6) is 0 Å². The Bertz CT molecular complexity index is 1430. The van der Waals surface area contributed by atoms with E-state index in [9.17, 15) is 9.18 Å². The van der Waals surface area contributed by atoms with Crippen molar-refractivity contribution in [2.75, 3.05) is 0 Å². The van der Waals surface area contributed by atoms with Gasteiger partial charge in [-0.15, -0.1) is 11.3 Å². The molecule has 0 aliphatic carbocycles. The molecule has 0 bridgehead atoms. The normalized spacial score (nSPS) is 11.3. The molecule has 0 aliphatic rings. The molecule has 0 spiro atoms. The number of thioether (sulfide) groups is 1. The summed E-state index contributed by atoms with van der Waals surface area (Å²) in [6, 6.07) is 17.8. The first-order chi connectivity index (χ1) is 15.1. The van der Waals surface area contributed by atoms with Crippen molar-refractivity contribution in [2.24, 2.45) is 7.05 Å². The molecule has 6 nitrogen and oxygen atoms in total. The Morgan fingerprint density at radius 2 is 1.84 bits per heavy atom. The van der Waals surface area contributed by atoms with Crippen molar-refractivity contribution in [1.29, 1.82) is 0 Å². The van der Waals surface area contributed by atoms with Crippen LogP contribution < -0.4 is 5.56 Å². The molecule has 31 heavy (non-hydrogen) atoms. The molecule has 5 rings (SSSR count). The van der Waals surface area contributed by atoms with E-state index in [-0.39, 0.29) is 11.4 Å². The summed E-state index contributed by atoms with van der Waals surface area (Å²) in [4.78, 5) is 22.9. The topological polar surface area (TPSA) is 73.8 Å². The molecule has 5 aromatic rings. The number of fused-ring (bicyclic) bond motifs is 1. The molecular formula is C22H15FN4O2S2. The fourth-order valence-corrected chi connectivity index (χ4v) is 4.95. The van der Waals surface area contributed by atoms with Gasteiger partial charge in [-0.2, -0.15) is 4.98 Å². The van der Waals surface area contributed by atoms with Crippen LogP contribution in [-0.4, -0.2) is 19.7 Å². The molecular weight excluding hydrogens is 435 g/mol. The van der Waals surface area contributed by atoms with E-state index in [1.54, 1.807) is 19.2 Å². The molecule has 3 aromatic heterocycles. The van der Waals surface area contributed by atoms with Crippen molar-refractivity contribution in [3.05, 3.63) is 82.7 Å². The van der Waals surface area contributed by atoms with Crippen LogP contribution in [0.15, 0.2) is 75.1 Å². The maximum atomic E-state index is 13.1. The van der Waals surface area contributed by atoms with Crippen LogP contribution in [0.1, 0.15) is 5.89 Å². The summed E-state index contributed by atoms with van der Waals surface area (Å²) >= 11 is 2.79. The van der Waals surface area contributed by atoms with Gasteiger partial charge in [-0.3, -0.25) is 9.36 Å². The van der Waals surface area contributed by atoms with Gasteiger partial charge in [-0.1, -0.05) is 47.3 Å². The molecule has 0 aliphatic heterocycles. The Labute approximate surface area is 184 Å². The van der Waals surface area contributed by atoms with Gasteiger partial charge in [0.1, 0.15) is 10.5 Å². The lowest BCUT2D eigenvalue weighted by Crippen LogP contribution is -2.18. The Balaban J connectivity index is 1.40. The highest BCUT2D eigenvalue weighted by Crippen LogP contribution is 2.32. The van der Waals surface area contributed by atoms with E-state index in [1.807, 2.05) is 36.4 Å². The smallest absolute Gasteiger partial charge is 0.271 e. The first-order valence-corrected chi connectivity index (χ1v) is 11.2. The number of aromatic nitrogens is 4. The van der Waals surface area contributed by atoms with Gasteiger partial charge in [0.15, 0.2) is 5.16 Å². The predicted octanol–water partition coefficient (Wildman–Crippen LogP) is 5.14. The molecule has 0 N–H and O–H groups in total. The van der Waals surface area contributed by atoms with Gasteiger partial charge < -0.3 is 4.52 Å². The third-order valence-electron chi connectivity index (χ3n) is 4.67. The van der Waals surface area contributed by atoms with Gasteiger partial charge in [0, 0.05) is 17.5 Å². The van der Waals surface area contributed by atoms with Crippen LogP contribution in [0.2, 0.25) is 0 Å². The van der Waals surface area contributed by atoms with Crippen LogP contribution in [0.4, 0.5) is 4.39 Å². The van der Waals surface area contributed by atoms with Gasteiger partial charge in [0.2, 0.25) is 11.7 Å². The monoisotopic (exact) mass is 450 g/mol. The van der Waals surface area contributed by atoms with Gasteiger partial charge in [0.05, 0.1) is 11.3 Å². The minimum absolute atomic E-state index is 0.0859. The quantitative estimate of drug-likeness (QED) is 0.273. The highest BCUT2D eigenvalue weighted by Gasteiger charge is 2.15.